The Morgan fingerprint density at radius 1 is 1.10 bits per heavy atom. The van der Waals surface area contributed by atoms with Gasteiger partial charge in [0, 0.05) is 31.0 Å². The molecule has 2 heterocycles. The second kappa shape index (κ2) is 8.14. The van der Waals surface area contributed by atoms with E-state index in [2.05, 4.69) is 10.4 Å². The van der Waals surface area contributed by atoms with Gasteiger partial charge in [-0.2, -0.15) is 5.10 Å². The van der Waals surface area contributed by atoms with Crippen LogP contribution in [0.2, 0.25) is 0 Å². The van der Waals surface area contributed by atoms with E-state index in [1.807, 2.05) is 42.6 Å². The van der Waals surface area contributed by atoms with Crippen LogP contribution in [0.4, 0.5) is 11.4 Å². The minimum Gasteiger partial charge on any atom is -0.379 e. The third-order valence-electron chi connectivity index (χ3n) is 4.96. The minimum absolute atomic E-state index is 0.122. The highest BCUT2D eigenvalue weighted by Crippen LogP contribution is 2.26. The Kier molecular flexibility index (Phi) is 5.24. The Morgan fingerprint density at radius 3 is 2.59 bits per heavy atom. The third-order valence-corrected chi connectivity index (χ3v) is 4.96. The predicted octanol–water partition coefficient (Wildman–Crippen LogP) is 3.63. The third kappa shape index (κ3) is 4.11. The highest BCUT2D eigenvalue weighted by Gasteiger charge is 2.26. The van der Waals surface area contributed by atoms with Crippen molar-refractivity contribution in [2.75, 3.05) is 18.4 Å². The molecule has 1 aliphatic heterocycles. The number of para-hydroxylation sites is 1. The smallest absolute Gasteiger partial charge is 0.282 e. The van der Waals surface area contributed by atoms with Crippen molar-refractivity contribution in [3.05, 3.63) is 82.2 Å². The van der Waals surface area contributed by atoms with Crippen molar-refractivity contribution in [2.24, 2.45) is 0 Å². The largest absolute Gasteiger partial charge is 0.379 e. The van der Waals surface area contributed by atoms with Crippen LogP contribution < -0.4 is 5.32 Å². The lowest BCUT2D eigenvalue weighted by Gasteiger charge is -2.16. The van der Waals surface area contributed by atoms with Gasteiger partial charge in [-0.3, -0.25) is 14.9 Å². The van der Waals surface area contributed by atoms with E-state index < -0.39 is 4.92 Å². The van der Waals surface area contributed by atoms with Gasteiger partial charge in [-0.25, -0.2) is 4.68 Å². The van der Waals surface area contributed by atoms with Crippen molar-refractivity contribution in [1.29, 1.82) is 0 Å². The Morgan fingerprint density at radius 2 is 1.86 bits per heavy atom. The van der Waals surface area contributed by atoms with Gasteiger partial charge in [0.2, 0.25) is 0 Å². The van der Waals surface area contributed by atoms with Crippen LogP contribution in [0, 0.1) is 10.1 Å². The first kappa shape index (κ1) is 18.7. The predicted molar refractivity (Wildman–Crippen MR) is 109 cm³/mol. The summed E-state index contributed by atoms with van der Waals surface area (Å²) in [5.41, 5.74) is 2.39. The van der Waals surface area contributed by atoms with Gasteiger partial charge in [-0.1, -0.05) is 18.2 Å². The number of benzene rings is 2. The second-order valence-corrected chi connectivity index (χ2v) is 6.93. The summed E-state index contributed by atoms with van der Waals surface area (Å²) in [6, 6.07) is 16.3. The number of nitrogens with one attached hydrogen (secondary N) is 1. The normalized spacial score (nSPS) is 13.4. The molecule has 0 spiro atoms. The van der Waals surface area contributed by atoms with Crippen LogP contribution in [0.3, 0.4) is 0 Å². The minimum atomic E-state index is -0.505. The van der Waals surface area contributed by atoms with Gasteiger partial charge in [0.25, 0.3) is 11.6 Å². The van der Waals surface area contributed by atoms with Crippen LogP contribution in [-0.4, -0.2) is 38.6 Å². The molecule has 0 unspecified atom stereocenters. The molecule has 4 rings (SSSR count). The molecule has 1 aliphatic rings. The summed E-state index contributed by atoms with van der Waals surface area (Å²) in [5, 5.41) is 19.1. The summed E-state index contributed by atoms with van der Waals surface area (Å²) < 4.78 is 1.79. The number of hydrogen-bond donors (Lipinski definition) is 1. The highest BCUT2D eigenvalue weighted by molar-refractivity contribution is 5.99. The molecule has 1 saturated heterocycles. The molecule has 3 aromatic rings. The van der Waals surface area contributed by atoms with Gasteiger partial charge >= 0.3 is 0 Å². The fourth-order valence-electron chi connectivity index (χ4n) is 3.44. The molecule has 0 atom stereocenters. The number of nitrogens with zero attached hydrogens (tertiary/aromatic N) is 4. The van der Waals surface area contributed by atoms with Crippen molar-refractivity contribution >= 4 is 17.3 Å². The van der Waals surface area contributed by atoms with E-state index in [-0.39, 0.29) is 17.2 Å². The zero-order valence-electron chi connectivity index (χ0n) is 15.8. The van der Waals surface area contributed by atoms with Crippen LogP contribution in [0.25, 0.3) is 5.69 Å². The molecule has 0 saturated carbocycles. The Hall–Kier alpha value is -3.68. The summed E-state index contributed by atoms with van der Waals surface area (Å²) in [5.74, 6) is -0.286. The van der Waals surface area contributed by atoms with Gasteiger partial charge in [0.15, 0.2) is 0 Å². The Balaban J connectivity index is 1.50. The topological polar surface area (TPSA) is 93.3 Å². The van der Waals surface area contributed by atoms with Crippen LogP contribution in [0.5, 0.6) is 0 Å². The van der Waals surface area contributed by atoms with E-state index >= 15 is 0 Å². The molecule has 8 nitrogen and oxygen atoms in total. The molecular formula is C21H21N5O3. The molecule has 29 heavy (non-hydrogen) atoms. The zero-order valence-corrected chi connectivity index (χ0v) is 15.8. The quantitative estimate of drug-likeness (QED) is 0.512. The maximum absolute atomic E-state index is 12.7. The molecule has 0 aliphatic carbocycles. The Labute approximate surface area is 167 Å². The molecule has 148 valence electrons. The second-order valence-electron chi connectivity index (χ2n) is 6.93. The Bertz CT molecular complexity index is 1030. The van der Waals surface area contributed by atoms with Crippen molar-refractivity contribution < 1.29 is 9.72 Å². The maximum Gasteiger partial charge on any atom is 0.282 e. The van der Waals surface area contributed by atoms with Gasteiger partial charge in [0.05, 0.1) is 22.8 Å². The standard InChI is InChI=1S/C21H21N5O3/c27-21(24-11-4-5-12-24)19-14-16(8-9-20(19)26(28)29)22-15-17-10-13-25(23-17)18-6-2-1-3-7-18/h1-3,6-10,13-14,22H,4-5,11-12,15H2. The number of carbonyl (C=O) groups is 1. The lowest BCUT2D eigenvalue weighted by atomic mass is 10.1. The van der Waals surface area contributed by atoms with Crippen LogP contribution >= 0.6 is 0 Å². The summed E-state index contributed by atoms with van der Waals surface area (Å²) in [6.07, 6.45) is 3.74. The van der Waals surface area contributed by atoms with Crippen molar-refractivity contribution in [3.63, 3.8) is 0 Å². The number of likely N-dealkylation sites (tertiary alicyclic amines) is 1. The molecule has 1 N–H and O–H groups in total. The molecule has 8 heteroatoms. The molecule has 1 fully saturated rings. The average molecular weight is 391 g/mol. The van der Waals surface area contributed by atoms with Crippen LogP contribution in [0.1, 0.15) is 28.9 Å². The van der Waals surface area contributed by atoms with Gasteiger partial charge in [-0.15, -0.1) is 0 Å². The van der Waals surface area contributed by atoms with E-state index in [0.717, 1.165) is 24.2 Å². The molecular weight excluding hydrogens is 370 g/mol. The lowest BCUT2D eigenvalue weighted by molar-refractivity contribution is -0.385. The number of aromatic nitrogens is 2. The number of carbonyl (C=O) groups excluding carboxylic acids is 1. The SMILES string of the molecule is O=C(c1cc(NCc2ccn(-c3ccccc3)n2)ccc1[N+](=O)[O-])N1CCCC1. The monoisotopic (exact) mass is 391 g/mol. The van der Waals surface area contributed by atoms with Crippen molar-refractivity contribution in [1.82, 2.24) is 14.7 Å². The van der Waals surface area contributed by atoms with E-state index in [9.17, 15) is 14.9 Å². The molecule has 1 aromatic heterocycles. The number of rotatable bonds is 6. The maximum atomic E-state index is 12.7. The van der Waals surface area contributed by atoms with Gasteiger partial charge in [0.1, 0.15) is 5.56 Å². The van der Waals surface area contributed by atoms with Crippen LogP contribution in [0.15, 0.2) is 60.8 Å². The van der Waals surface area contributed by atoms with Crippen LogP contribution in [-0.2, 0) is 6.54 Å². The molecule has 1 amide bonds. The number of nitro benzene ring substituents is 1. The van der Waals surface area contributed by atoms with Crippen molar-refractivity contribution in [3.8, 4) is 5.69 Å². The molecule has 0 radical (unpaired) electrons. The number of nitro groups is 1. The first-order valence-electron chi connectivity index (χ1n) is 9.53. The first-order valence-corrected chi connectivity index (χ1v) is 9.53. The van der Waals surface area contributed by atoms with Gasteiger partial charge < -0.3 is 10.2 Å². The number of amides is 1. The van der Waals surface area contributed by atoms with Crippen molar-refractivity contribution in [2.45, 2.75) is 19.4 Å². The van der Waals surface area contributed by atoms with E-state index in [1.54, 1.807) is 21.7 Å². The fourth-order valence-corrected chi connectivity index (χ4v) is 3.44. The summed E-state index contributed by atoms with van der Waals surface area (Å²) in [6.45, 7) is 1.73. The van der Waals surface area contributed by atoms with E-state index in [1.165, 1.54) is 6.07 Å². The summed E-state index contributed by atoms with van der Waals surface area (Å²) in [4.78, 5) is 25.3. The number of hydrogen-bond acceptors (Lipinski definition) is 5. The fraction of sp³-hybridized carbons (Fsp3) is 0.238. The zero-order chi connectivity index (χ0) is 20.2. The molecule has 0 bridgehead atoms. The molecule has 2 aromatic carbocycles. The summed E-state index contributed by atoms with van der Waals surface area (Å²) >= 11 is 0. The van der Waals surface area contributed by atoms with E-state index in [4.69, 9.17) is 0 Å². The highest BCUT2D eigenvalue weighted by atomic mass is 16.6. The summed E-state index contributed by atoms with van der Waals surface area (Å²) in [7, 11) is 0. The number of anilines is 1. The average Bonchev–Trinajstić information content (AvgIpc) is 3.44. The lowest BCUT2D eigenvalue weighted by Crippen LogP contribution is -2.28. The van der Waals surface area contributed by atoms with E-state index in [0.29, 0.717) is 25.3 Å². The first-order chi connectivity index (χ1) is 14.1. The van der Waals surface area contributed by atoms with Gasteiger partial charge in [-0.05, 0) is 43.2 Å².